The van der Waals surface area contributed by atoms with Crippen molar-refractivity contribution in [3.8, 4) is 5.69 Å². The predicted molar refractivity (Wildman–Crippen MR) is 123 cm³/mol. The summed E-state index contributed by atoms with van der Waals surface area (Å²) in [6.07, 6.45) is 1.25. The van der Waals surface area contributed by atoms with E-state index in [9.17, 15) is 19.8 Å². The van der Waals surface area contributed by atoms with E-state index in [0.29, 0.717) is 11.6 Å². The molecule has 33 heavy (non-hydrogen) atoms. The Morgan fingerprint density at radius 3 is 2.61 bits per heavy atom. The van der Waals surface area contributed by atoms with E-state index < -0.39 is 24.0 Å². The van der Waals surface area contributed by atoms with Crippen LogP contribution in [0.25, 0.3) is 5.69 Å². The molecule has 4 rings (SSSR count). The number of aliphatic hydroxyl groups is 2. The van der Waals surface area contributed by atoms with Gasteiger partial charge in [-0.2, -0.15) is 5.10 Å². The second-order valence-electron chi connectivity index (χ2n) is 7.97. The highest BCUT2D eigenvalue weighted by Crippen LogP contribution is 2.33. The van der Waals surface area contributed by atoms with Crippen LogP contribution in [-0.4, -0.2) is 55.5 Å². The monoisotopic (exact) mass is 468 g/mol. The zero-order valence-corrected chi connectivity index (χ0v) is 18.6. The van der Waals surface area contributed by atoms with Crippen molar-refractivity contribution in [1.82, 2.24) is 20.0 Å². The zero-order chi connectivity index (χ0) is 23.4. The standard InChI is InChI=1S/C24H25ClN4O4/c25-18-5-1-4-17(14-18)20-6-2-12-28(20)24(33)22(31)21(30)23(32)26-15-16-7-9-19(10-8-16)29-13-3-11-27-29/h1,3-5,7-11,13-14,20-22,30-31H,2,6,12,15H2,(H,26,32)/t20?,21-,22?/m1/s1. The summed E-state index contributed by atoms with van der Waals surface area (Å²) in [7, 11) is 0. The number of rotatable bonds is 7. The average molecular weight is 469 g/mol. The molecule has 1 aliphatic heterocycles. The lowest BCUT2D eigenvalue weighted by atomic mass is 10.0. The SMILES string of the molecule is O=C(NCc1ccc(-n2cccn2)cc1)[C@H](O)C(O)C(=O)N1CCCC1c1cccc(Cl)c1. The smallest absolute Gasteiger partial charge is 0.255 e. The fourth-order valence-electron chi connectivity index (χ4n) is 4.02. The third-order valence-corrected chi connectivity index (χ3v) is 6.00. The average Bonchev–Trinajstić information content (AvgIpc) is 3.54. The fraction of sp³-hybridized carbons (Fsp3) is 0.292. The van der Waals surface area contributed by atoms with Gasteiger partial charge in [-0.3, -0.25) is 9.59 Å². The Morgan fingerprint density at radius 1 is 1.12 bits per heavy atom. The number of benzene rings is 2. The molecule has 0 aliphatic carbocycles. The molecule has 1 fully saturated rings. The van der Waals surface area contributed by atoms with Crippen LogP contribution in [-0.2, 0) is 16.1 Å². The maximum absolute atomic E-state index is 12.9. The lowest BCUT2D eigenvalue weighted by molar-refractivity contribution is -0.153. The molecule has 1 aromatic heterocycles. The van der Waals surface area contributed by atoms with Gasteiger partial charge in [0.25, 0.3) is 11.8 Å². The minimum Gasteiger partial charge on any atom is -0.380 e. The van der Waals surface area contributed by atoms with Crippen LogP contribution >= 0.6 is 11.6 Å². The molecule has 2 amide bonds. The van der Waals surface area contributed by atoms with Crippen LogP contribution in [0.2, 0.25) is 5.02 Å². The van der Waals surface area contributed by atoms with Crippen molar-refractivity contribution in [1.29, 1.82) is 0 Å². The number of hydrogen-bond acceptors (Lipinski definition) is 5. The van der Waals surface area contributed by atoms with E-state index in [1.165, 1.54) is 4.90 Å². The molecule has 9 heteroatoms. The second-order valence-corrected chi connectivity index (χ2v) is 8.41. The van der Waals surface area contributed by atoms with E-state index in [0.717, 1.165) is 29.7 Å². The van der Waals surface area contributed by atoms with Gasteiger partial charge in [-0.25, -0.2) is 4.68 Å². The summed E-state index contributed by atoms with van der Waals surface area (Å²) in [5.41, 5.74) is 2.53. The summed E-state index contributed by atoms with van der Waals surface area (Å²) in [4.78, 5) is 26.8. The number of carbonyl (C=O) groups excluding carboxylic acids is 2. The van der Waals surface area contributed by atoms with Crippen LogP contribution in [0.15, 0.2) is 67.0 Å². The lowest BCUT2D eigenvalue weighted by Gasteiger charge is -2.28. The third-order valence-electron chi connectivity index (χ3n) is 5.76. The van der Waals surface area contributed by atoms with Gasteiger partial charge in [0.15, 0.2) is 12.2 Å². The Hall–Kier alpha value is -3.20. The summed E-state index contributed by atoms with van der Waals surface area (Å²) in [6.45, 7) is 0.578. The van der Waals surface area contributed by atoms with Gasteiger partial charge in [-0.1, -0.05) is 35.9 Å². The van der Waals surface area contributed by atoms with Crippen molar-refractivity contribution in [2.45, 2.75) is 37.6 Å². The molecule has 0 bridgehead atoms. The van der Waals surface area contributed by atoms with Crippen molar-refractivity contribution in [3.05, 3.63) is 83.1 Å². The first-order chi connectivity index (χ1) is 15.9. The highest BCUT2D eigenvalue weighted by atomic mass is 35.5. The normalized spacial score (nSPS) is 17.5. The first kappa shape index (κ1) is 23.0. The maximum atomic E-state index is 12.9. The summed E-state index contributed by atoms with van der Waals surface area (Å²) in [6, 6.07) is 16.1. The third kappa shape index (κ3) is 5.24. The molecular weight excluding hydrogens is 444 g/mol. The summed E-state index contributed by atoms with van der Waals surface area (Å²) < 4.78 is 1.71. The molecule has 3 aromatic rings. The van der Waals surface area contributed by atoms with Gasteiger partial charge in [0.2, 0.25) is 0 Å². The minimum atomic E-state index is -1.87. The van der Waals surface area contributed by atoms with Gasteiger partial charge in [-0.05, 0) is 54.3 Å². The Balaban J connectivity index is 1.34. The Labute approximate surface area is 196 Å². The van der Waals surface area contributed by atoms with Gasteiger partial charge in [0, 0.05) is 30.5 Å². The predicted octanol–water partition coefficient (Wildman–Crippen LogP) is 2.23. The Bertz CT molecular complexity index is 1100. The van der Waals surface area contributed by atoms with Gasteiger partial charge in [0.1, 0.15) is 0 Å². The Morgan fingerprint density at radius 2 is 1.91 bits per heavy atom. The minimum absolute atomic E-state index is 0.144. The summed E-state index contributed by atoms with van der Waals surface area (Å²) in [5, 5.41) is 28.0. The van der Waals surface area contributed by atoms with Crippen molar-refractivity contribution in [3.63, 3.8) is 0 Å². The van der Waals surface area contributed by atoms with Gasteiger partial charge in [-0.15, -0.1) is 0 Å². The van der Waals surface area contributed by atoms with Crippen LogP contribution < -0.4 is 5.32 Å². The number of carbonyl (C=O) groups is 2. The molecule has 3 N–H and O–H groups in total. The van der Waals surface area contributed by atoms with Crippen LogP contribution in [0, 0.1) is 0 Å². The number of amides is 2. The number of nitrogens with one attached hydrogen (secondary N) is 1. The Kier molecular flexibility index (Phi) is 7.08. The molecule has 0 spiro atoms. The van der Waals surface area contributed by atoms with Crippen LogP contribution in [0.1, 0.15) is 30.0 Å². The van der Waals surface area contributed by atoms with Crippen molar-refractivity contribution in [2.75, 3.05) is 6.54 Å². The molecule has 2 aromatic carbocycles. The van der Waals surface area contributed by atoms with Gasteiger partial charge in [0.05, 0.1) is 11.7 Å². The van der Waals surface area contributed by atoms with E-state index >= 15 is 0 Å². The molecule has 172 valence electrons. The van der Waals surface area contributed by atoms with E-state index in [1.807, 2.05) is 42.6 Å². The van der Waals surface area contributed by atoms with E-state index in [4.69, 9.17) is 11.6 Å². The molecule has 3 atom stereocenters. The van der Waals surface area contributed by atoms with Crippen LogP contribution in [0.3, 0.4) is 0 Å². The highest BCUT2D eigenvalue weighted by Gasteiger charge is 2.38. The number of halogens is 1. The van der Waals surface area contributed by atoms with E-state index in [1.54, 1.807) is 29.1 Å². The van der Waals surface area contributed by atoms with Crippen LogP contribution in [0.4, 0.5) is 0 Å². The second kappa shape index (κ2) is 10.2. The number of aromatic nitrogens is 2. The number of hydrogen-bond donors (Lipinski definition) is 3. The van der Waals surface area contributed by atoms with E-state index in [-0.39, 0.29) is 12.6 Å². The molecule has 0 saturated carbocycles. The van der Waals surface area contributed by atoms with Crippen molar-refractivity contribution < 1.29 is 19.8 Å². The lowest BCUT2D eigenvalue weighted by Crippen LogP contribution is -2.50. The molecule has 0 radical (unpaired) electrons. The van der Waals surface area contributed by atoms with E-state index in [2.05, 4.69) is 10.4 Å². The molecule has 2 unspecified atom stereocenters. The summed E-state index contributed by atoms with van der Waals surface area (Å²) in [5.74, 6) is -1.49. The van der Waals surface area contributed by atoms with Crippen LogP contribution in [0.5, 0.6) is 0 Å². The fourth-order valence-corrected chi connectivity index (χ4v) is 4.22. The molecule has 1 aliphatic rings. The zero-order valence-electron chi connectivity index (χ0n) is 17.8. The molecule has 2 heterocycles. The molecule has 1 saturated heterocycles. The van der Waals surface area contributed by atoms with Gasteiger partial charge < -0.3 is 20.4 Å². The number of nitrogens with zero attached hydrogens (tertiary/aromatic N) is 3. The topological polar surface area (TPSA) is 108 Å². The number of likely N-dealkylation sites (tertiary alicyclic amines) is 1. The first-order valence-electron chi connectivity index (χ1n) is 10.7. The number of aliphatic hydroxyl groups excluding tert-OH is 2. The maximum Gasteiger partial charge on any atom is 0.255 e. The van der Waals surface area contributed by atoms with Crippen molar-refractivity contribution >= 4 is 23.4 Å². The largest absolute Gasteiger partial charge is 0.380 e. The first-order valence-corrected chi connectivity index (χ1v) is 11.1. The summed E-state index contributed by atoms with van der Waals surface area (Å²) >= 11 is 6.07. The van der Waals surface area contributed by atoms with Crippen molar-refractivity contribution in [2.24, 2.45) is 0 Å². The van der Waals surface area contributed by atoms with Gasteiger partial charge >= 0.3 is 0 Å². The molecular formula is C24H25ClN4O4. The highest BCUT2D eigenvalue weighted by molar-refractivity contribution is 6.30. The molecule has 8 nitrogen and oxygen atoms in total. The quantitative estimate of drug-likeness (QED) is 0.493.